The number of nitrogens with zero attached hydrogens (tertiary/aromatic N) is 2. The number of ether oxygens (including phenoxy) is 1. The molecule has 106 valence electrons. The molecule has 4 heteroatoms. The molecule has 2 rings (SSSR count). The van der Waals surface area contributed by atoms with Gasteiger partial charge < -0.3 is 15.0 Å². The maximum Gasteiger partial charge on any atom is 0.0620 e. The first-order chi connectivity index (χ1) is 9.25. The van der Waals surface area contributed by atoms with Gasteiger partial charge in [0, 0.05) is 37.6 Å². The molecule has 2 unspecified atom stereocenters. The van der Waals surface area contributed by atoms with Crippen LogP contribution in [0.25, 0.3) is 0 Å². The molecule has 0 aromatic carbocycles. The van der Waals surface area contributed by atoms with Crippen LogP contribution in [0.4, 0.5) is 0 Å². The molecule has 0 saturated carbocycles. The van der Waals surface area contributed by atoms with Gasteiger partial charge in [0.1, 0.15) is 0 Å². The van der Waals surface area contributed by atoms with Crippen molar-refractivity contribution in [3.8, 4) is 0 Å². The first-order valence-electron chi connectivity index (χ1n) is 7.16. The quantitative estimate of drug-likeness (QED) is 0.840. The molecule has 2 atom stereocenters. The Morgan fingerprint density at radius 1 is 1.47 bits per heavy atom. The lowest BCUT2D eigenvalue weighted by atomic mass is 10.1. The average Bonchev–Trinajstić information content (AvgIpc) is 2.47. The van der Waals surface area contributed by atoms with Crippen molar-refractivity contribution >= 4 is 0 Å². The largest absolute Gasteiger partial charge is 0.379 e. The average molecular weight is 263 g/mol. The number of hydrogen-bond acceptors (Lipinski definition) is 4. The fraction of sp³-hybridized carbons (Fsp3) is 0.667. The van der Waals surface area contributed by atoms with Crippen molar-refractivity contribution in [3.63, 3.8) is 0 Å². The monoisotopic (exact) mass is 263 g/mol. The summed E-state index contributed by atoms with van der Waals surface area (Å²) in [7, 11) is 2.20. The predicted octanol–water partition coefficient (Wildman–Crippen LogP) is 1.32. The molecule has 1 aromatic heterocycles. The second-order valence-corrected chi connectivity index (χ2v) is 5.40. The summed E-state index contributed by atoms with van der Waals surface area (Å²) < 4.78 is 5.50. The molecule has 4 nitrogen and oxygen atoms in total. The molecular weight excluding hydrogens is 238 g/mol. The Labute approximate surface area is 116 Å². The highest BCUT2D eigenvalue weighted by molar-refractivity contribution is 5.09. The Balaban J connectivity index is 1.71. The topological polar surface area (TPSA) is 37.4 Å². The predicted molar refractivity (Wildman–Crippen MR) is 77.3 cm³/mol. The fourth-order valence-electron chi connectivity index (χ4n) is 2.44. The van der Waals surface area contributed by atoms with Crippen molar-refractivity contribution in [2.24, 2.45) is 0 Å². The summed E-state index contributed by atoms with van der Waals surface area (Å²) in [5.74, 6) is 0. The van der Waals surface area contributed by atoms with Gasteiger partial charge in [0.25, 0.3) is 0 Å². The van der Waals surface area contributed by atoms with Crippen LogP contribution in [0.2, 0.25) is 0 Å². The number of likely N-dealkylation sites (N-methyl/N-ethyl adjacent to an activating group) is 1. The van der Waals surface area contributed by atoms with Crippen LogP contribution in [0.15, 0.2) is 24.5 Å². The van der Waals surface area contributed by atoms with E-state index in [2.05, 4.69) is 41.3 Å². The highest BCUT2D eigenvalue weighted by Gasteiger charge is 2.18. The van der Waals surface area contributed by atoms with Crippen molar-refractivity contribution in [3.05, 3.63) is 30.1 Å². The van der Waals surface area contributed by atoms with Crippen LogP contribution in [0, 0.1) is 0 Å². The van der Waals surface area contributed by atoms with Gasteiger partial charge in [-0.15, -0.1) is 0 Å². The Kier molecular flexibility index (Phi) is 5.76. The van der Waals surface area contributed by atoms with E-state index in [1.54, 1.807) is 0 Å². The lowest BCUT2D eigenvalue weighted by Gasteiger charge is -2.31. The van der Waals surface area contributed by atoms with Crippen LogP contribution in [-0.2, 0) is 11.2 Å². The van der Waals surface area contributed by atoms with Gasteiger partial charge in [0.15, 0.2) is 0 Å². The van der Waals surface area contributed by atoms with E-state index in [1.165, 1.54) is 5.56 Å². The summed E-state index contributed by atoms with van der Waals surface area (Å²) in [6.07, 6.45) is 5.95. The van der Waals surface area contributed by atoms with E-state index >= 15 is 0 Å². The first kappa shape index (κ1) is 14.4. The van der Waals surface area contributed by atoms with Crippen LogP contribution in [0.1, 0.15) is 18.9 Å². The van der Waals surface area contributed by atoms with E-state index in [1.807, 2.05) is 12.4 Å². The molecule has 1 aliphatic rings. The highest BCUT2D eigenvalue weighted by atomic mass is 16.5. The third-order valence-electron chi connectivity index (χ3n) is 3.88. The maximum absolute atomic E-state index is 5.50. The zero-order valence-corrected chi connectivity index (χ0v) is 12.0. The number of rotatable bonds is 6. The molecule has 1 saturated heterocycles. The van der Waals surface area contributed by atoms with Gasteiger partial charge in [-0.3, -0.25) is 4.98 Å². The molecule has 0 amide bonds. The Bertz CT molecular complexity index is 352. The Morgan fingerprint density at radius 3 is 2.95 bits per heavy atom. The maximum atomic E-state index is 5.50. The lowest BCUT2D eigenvalue weighted by molar-refractivity contribution is 0.0645. The van der Waals surface area contributed by atoms with Gasteiger partial charge in [0.05, 0.1) is 13.2 Å². The summed E-state index contributed by atoms with van der Waals surface area (Å²) in [5.41, 5.74) is 1.35. The minimum Gasteiger partial charge on any atom is -0.379 e. The molecule has 19 heavy (non-hydrogen) atoms. The van der Waals surface area contributed by atoms with E-state index in [0.717, 1.165) is 39.1 Å². The summed E-state index contributed by atoms with van der Waals surface area (Å²) in [4.78, 5) is 6.48. The van der Waals surface area contributed by atoms with Crippen molar-refractivity contribution in [1.82, 2.24) is 15.2 Å². The summed E-state index contributed by atoms with van der Waals surface area (Å²) in [5, 5.41) is 3.52. The third kappa shape index (κ3) is 4.90. The van der Waals surface area contributed by atoms with Gasteiger partial charge in [-0.05, 0) is 44.5 Å². The molecule has 0 aliphatic carbocycles. The Hall–Kier alpha value is -0.970. The molecular formula is C15H25N3O. The van der Waals surface area contributed by atoms with Crippen molar-refractivity contribution in [2.75, 3.05) is 33.4 Å². The minimum atomic E-state index is 0.507. The molecule has 0 radical (unpaired) electrons. The molecule has 1 fully saturated rings. The van der Waals surface area contributed by atoms with Crippen LogP contribution in [0.3, 0.4) is 0 Å². The molecule has 0 spiro atoms. The smallest absolute Gasteiger partial charge is 0.0620 e. The normalized spacial score (nSPS) is 21.5. The van der Waals surface area contributed by atoms with Gasteiger partial charge in [-0.2, -0.15) is 0 Å². The second kappa shape index (κ2) is 7.58. The van der Waals surface area contributed by atoms with Gasteiger partial charge >= 0.3 is 0 Å². The van der Waals surface area contributed by atoms with Crippen LogP contribution < -0.4 is 5.32 Å². The van der Waals surface area contributed by atoms with Crippen LogP contribution in [0.5, 0.6) is 0 Å². The SMILES string of the molecule is CC(CC1COCCN1)N(C)CCc1ccncc1. The van der Waals surface area contributed by atoms with Gasteiger partial charge in [-0.1, -0.05) is 0 Å². The highest BCUT2D eigenvalue weighted by Crippen LogP contribution is 2.09. The fourth-order valence-corrected chi connectivity index (χ4v) is 2.44. The molecule has 1 aliphatic heterocycles. The Morgan fingerprint density at radius 2 is 2.26 bits per heavy atom. The van der Waals surface area contributed by atoms with E-state index in [9.17, 15) is 0 Å². The van der Waals surface area contributed by atoms with Gasteiger partial charge in [-0.25, -0.2) is 0 Å². The standard InChI is InChI=1S/C15H25N3O/c1-13(11-15-12-19-10-8-17-15)18(2)9-5-14-3-6-16-7-4-14/h3-4,6-7,13,15,17H,5,8-12H2,1-2H3. The number of aromatic nitrogens is 1. The summed E-state index contributed by atoms with van der Waals surface area (Å²) in [6.45, 7) is 6.06. The zero-order chi connectivity index (χ0) is 13.5. The molecule has 2 heterocycles. The minimum absolute atomic E-state index is 0.507. The lowest BCUT2D eigenvalue weighted by Crippen LogP contribution is -2.45. The number of pyridine rings is 1. The van der Waals surface area contributed by atoms with Crippen molar-refractivity contribution in [1.29, 1.82) is 0 Å². The summed E-state index contributed by atoms with van der Waals surface area (Å²) in [6, 6.07) is 5.26. The first-order valence-corrected chi connectivity index (χ1v) is 7.16. The number of hydrogen-bond donors (Lipinski definition) is 1. The van der Waals surface area contributed by atoms with Crippen LogP contribution in [-0.4, -0.2) is 55.3 Å². The van der Waals surface area contributed by atoms with E-state index in [-0.39, 0.29) is 0 Å². The molecule has 1 aromatic rings. The van der Waals surface area contributed by atoms with Crippen LogP contribution >= 0.6 is 0 Å². The van der Waals surface area contributed by atoms with E-state index < -0.39 is 0 Å². The molecule has 0 bridgehead atoms. The second-order valence-electron chi connectivity index (χ2n) is 5.40. The zero-order valence-electron chi connectivity index (χ0n) is 12.0. The third-order valence-corrected chi connectivity index (χ3v) is 3.88. The van der Waals surface area contributed by atoms with Crippen molar-refractivity contribution in [2.45, 2.75) is 31.8 Å². The van der Waals surface area contributed by atoms with E-state index in [4.69, 9.17) is 4.74 Å². The van der Waals surface area contributed by atoms with Gasteiger partial charge in [0.2, 0.25) is 0 Å². The summed E-state index contributed by atoms with van der Waals surface area (Å²) >= 11 is 0. The number of morpholine rings is 1. The number of nitrogens with one attached hydrogen (secondary N) is 1. The van der Waals surface area contributed by atoms with E-state index in [0.29, 0.717) is 12.1 Å². The molecule has 1 N–H and O–H groups in total. The van der Waals surface area contributed by atoms with Crippen molar-refractivity contribution < 1.29 is 4.74 Å².